The van der Waals surface area contributed by atoms with Crippen LogP contribution in [-0.2, 0) is 0 Å². The van der Waals surface area contributed by atoms with Crippen molar-refractivity contribution in [3.05, 3.63) is 57.2 Å². The molecular formula is C16H13BrClN3. The highest BCUT2D eigenvalue weighted by atomic mass is 79.9. The van der Waals surface area contributed by atoms with Crippen LogP contribution in [0.15, 0.2) is 40.9 Å². The third-order valence-electron chi connectivity index (χ3n) is 3.38. The van der Waals surface area contributed by atoms with Crippen LogP contribution < -0.4 is 5.32 Å². The average molecular weight is 363 g/mol. The summed E-state index contributed by atoms with van der Waals surface area (Å²) >= 11 is 9.62. The van der Waals surface area contributed by atoms with E-state index < -0.39 is 0 Å². The minimum absolute atomic E-state index is 0.417. The molecule has 0 unspecified atom stereocenters. The lowest BCUT2D eigenvalue weighted by atomic mass is 10.1. The zero-order valence-corrected chi connectivity index (χ0v) is 14.0. The fourth-order valence-electron chi connectivity index (χ4n) is 2.39. The van der Waals surface area contributed by atoms with Gasteiger partial charge in [0.25, 0.3) is 0 Å². The summed E-state index contributed by atoms with van der Waals surface area (Å²) in [5, 5.41) is 13.9. The second-order valence-electron chi connectivity index (χ2n) is 4.92. The Morgan fingerprint density at radius 1 is 1.00 bits per heavy atom. The molecule has 0 fully saturated rings. The smallest absolute Gasteiger partial charge is 0.161 e. The predicted octanol–water partition coefficient (Wildman–Crippen LogP) is 5.41. The molecular weight excluding hydrogens is 350 g/mol. The molecule has 3 rings (SSSR count). The van der Waals surface area contributed by atoms with E-state index in [1.165, 1.54) is 0 Å². The van der Waals surface area contributed by atoms with E-state index >= 15 is 0 Å². The molecule has 21 heavy (non-hydrogen) atoms. The van der Waals surface area contributed by atoms with Crippen molar-refractivity contribution >= 4 is 49.8 Å². The molecule has 0 saturated carbocycles. The van der Waals surface area contributed by atoms with Crippen molar-refractivity contribution in [2.75, 3.05) is 5.32 Å². The number of nitrogens with zero attached hydrogens (tertiary/aromatic N) is 2. The zero-order valence-electron chi connectivity index (χ0n) is 11.6. The number of benzene rings is 2. The Morgan fingerprint density at radius 2 is 1.62 bits per heavy atom. The van der Waals surface area contributed by atoms with E-state index in [1.807, 2.05) is 24.3 Å². The quantitative estimate of drug-likeness (QED) is 0.662. The van der Waals surface area contributed by atoms with Crippen molar-refractivity contribution in [1.82, 2.24) is 10.2 Å². The van der Waals surface area contributed by atoms with Gasteiger partial charge in [0.15, 0.2) is 11.0 Å². The summed E-state index contributed by atoms with van der Waals surface area (Å²) in [6.45, 7) is 4.12. The van der Waals surface area contributed by atoms with Crippen LogP contribution in [0.5, 0.6) is 0 Å². The van der Waals surface area contributed by atoms with Gasteiger partial charge in [0.05, 0.1) is 0 Å². The Kier molecular flexibility index (Phi) is 3.83. The number of anilines is 2. The minimum atomic E-state index is 0.417. The molecule has 1 heterocycles. The van der Waals surface area contributed by atoms with Crippen molar-refractivity contribution < 1.29 is 0 Å². The molecule has 0 bridgehead atoms. The highest BCUT2D eigenvalue weighted by molar-refractivity contribution is 9.10. The van der Waals surface area contributed by atoms with Crippen LogP contribution in [0.25, 0.3) is 10.8 Å². The highest BCUT2D eigenvalue weighted by Crippen LogP contribution is 2.31. The van der Waals surface area contributed by atoms with Gasteiger partial charge >= 0.3 is 0 Å². The second-order valence-corrected chi connectivity index (χ2v) is 6.20. The van der Waals surface area contributed by atoms with Gasteiger partial charge in [0.1, 0.15) is 0 Å². The summed E-state index contributed by atoms with van der Waals surface area (Å²) in [5.74, 6) is 0.712. The topological polar surface area (TPSA) is 37.8 Å². The standard InChI is InChI=1S/C16H13BrClN3/c1-9-7-11(17)8-10(2)14(9)19-16-13-6-4-3-5-12(13)15(18)20-21-16/h3-8H,1-2H3,(H,19,21). The summed E-state index contributed by atoms with van der Waals surface area (Å²) in [4.78, 5) is 0. The van der Waals surface area contributed by atoms with E-state index in [2.05, 4.69) is 57.4 Å². The van der Waals surface area contributed by atoms with Crippen LogP contribution in [0.1, 0.15) is 11.1 Å². The summed E-state index contributed by atoms with van der Waals surface area (Å²) in [6, 6.07) is 12.0. The van der Waals surface area contributed by atoms with E-state index in [1.54, 1.807) is 0 Å². The molecule has 0 aliphatic carbocycles. The maximum atomic E-state index is 6.11. The van der Waals surface area contributed by atoms with Gasteiger partial charge in [-0.25, -0.2) is 0 Å². The molecule has 1 N–H and O–H groups in total. The van der Waals surface area contributed by atoms with Gasteiger partial charge < -0.3 is 5.32 Å². The first-order valence-corrected chi connectivity index (χ1v) is 7.68. The fraction of sp³-hybridized carbons (Fsp3) is 0.125. The lowest BCUT2D eigenvalue weighted by molar-refractivity contribution is 1.05. The average Bonchev–Trinajstić information content (AvgIpc) is 2.45. The second kappa shape index (κ2) is 5.62. The summed E-state index contributed by atoms with van der Waals surface area (Å²) < 4.78 is 1.06. The number of fused-ring (bicyclic) bond motifs is 1. The Labute approximate surface area is 136 Å². The molecule has 1 aromatic heterocycles. The third kappa shape index (κ3) is 2.74. The summed E-state index contributed by atoms with van der Waals surface area (Å²) in [5.41, 5.74) is 3.32. The Morgan fingerprint density at radius 3 is 2.29 bits per heavy atom. The Hall–Kier alpha value is -1.65. The Bertz CT molecular complexity index is 810. The number of rotatable bonds is 2. The molecule has 0 atom stereocenters. The number of aryl methyl sites for hydroxylation is 2. The van der Waals surface area contributed by atoms with Crippen molar-refractivity contribution in [1.29, 1.82) is 0 Å². The van der Waals surface area contributed by atoms with Gasteiger partial charge in [-0.3, -0.25) is 0 Å². The lowest BCUT2D eigenvalue weighted by Crippen LogP contribution is -2.01. The molecule has 0 saturated heterocycles. The number of nitrogens with one attached hydrogen (secondary N) is 1. The SMILES string of the molecule is Cc1cc(Br)cc(C)c1Nc1nnc(Cl)c2ccccc12. The maximum absolute atomic E-state index is 6.11. The molecule has 0 amide bonds. The van der Waals surface area contributed by atoms with Crippen LogP contribution in [0.2, 0.25) is 5.15 Å². The monoisotopic (exact) mass is 361 g/mol. The van der Waals surface area contributed by atoms with E-state index in [-0.39, 0.29) is 0 Å². The van der Waals surface area contributed by atoms with Crippen LogP contribution >= 0.6 is 27.5 Å². The van der Waals surface area contributed by atoms with E-state index in [9.17, 15) is 0 Å². The van der Waals surface area contributed by atoms with Crippen molar-refractivity contribution in [3.63, 3.8) is 0 Å². The predicted molar refractivity (Wildman–Crippen MR) is 91.4 cm³/mol. The van der Waals surface area contributed by atoms with Gasteiger partial charge in [-0.15, -0.1) is 10.2 Å². The molecule has 3 nitrogen and oxygen atoms in total. The van der Waals surface area contributed by atoms with Gasteiger partial charge in [0.2, 0.25) is 0 Å². The van der Waals surface area contributed by atoms with Crippen molar-refractivity contribution in [3.8, 4) is 0 Å². The fourth-order valence-corrected chi connectivity index (χ4v) is 3.28. The Balaban J connectivity index is 2.13. The molecule has 106 valence electrons. The van der Waals surface area contributed by atoms with Gasteiger partial charge in [-0.2, -0.15) is 0 Å². The summed E-state index contributed by atoms with van der Waals surface area (Å²) in [6.07, 6.45) is 0. The minimum Gasteiger partial charge on any atom is -0.338 e. The van der Waals surface area contributed by atoms with E-state index in [4.69, 9.17) is 11.6 Å². The largest absolute Gasteiger partial charge is 0.338 e. The maximum Gasteiger partial charge on any atom is 0.161 e. The molecule has 3 aromatic rings. The molecule has 0 aliphatic heterocycles. The lowest BCUT2D eigenvalue weighted by Gasteiger charge is -2.14. The van der Waals surface area contributed by atoms with Crippen LogP contribution in [0.4, 0.5) is 11.5 Å². The first kappa shape index (κ1) is 14.3. The number of aromatic nitrogens is 2. The molecule has 2 aromatic carbocycles. The van der Waals surface area contributed by atoms with E-state index in [0.717, 1.165) is 32.1 Å². The molecule has 0 spiro atoms. The van der Waals surface area contributed by atoms with Crippen molar-refractivity contribution in [2.45, 2.75) is 13.8 Å². The van der Waals surface area contributed by atoms with Gasteiger partial charge in [-0.05, 0) is 37.1 Å². The highest BCUT2D eigenvalue weighted by Gasteiger charge is 2.10. The van der Waals surface area contributed by atoms with Gasteiger partial charge in [0, 0.05) is 20.9 Å². The number of halogens is 2. The first-order chi connectivity index (χ1) is 10.1. The number of hydrogen-bond donors (Lipinski definition) is 1. The van der Waals surface area contributed by atoms with Crippen LogP contribution in [0, 0.1) is 13.8 Å². The zero-order chi connectivity index (χ0) is 15.0. The number of hydrogen-bond acceptors (Lipinski definition) is 3. The normalized spacial score (nSPS) is 10.9. The van der Waals surface area contributed by atoms with Crippen LogP contribution in [0.3, 0.4) is 0 Å². The first-order valence-electron chi connectivity index (χ1n) is 6.51. The molecule has 0 aliphatic rings. The van der Waals surface area contributed by atoms with Gasteiger partial charge in [-0.1, -0.05) is 51.8 Å². The third-order valence-corrected chi connectivity index (χ3v) is 4.12. The summed E-state index contributed by atoms with van der Waals surface area (Å²) in [7, 11) is 0. The molecule has 0 radical (unpaired) electrons. The van der Waals surface area contributed by atoms with E-state index in [0.29, 0.717) is 11.0 Å². The van der Waals surface area contributed by atoms with Crippen LogP contribution in [-0.4, -0.2) is 10.2 Å². The van der Waals surface area contributed by atoms with Crippen molar-refractivity contribution in [2.24, 2.45) is 0 Å². The molecule has 5 heteroatoms.